The number of halogens is 4. The van der Waals surface area contributed by atoms with Crippen LogP contribution >= 0.6 is 0 Å². The van der Waals surface area contributed by atoms with Crippen molar-refractivity contribution in [1.82, 2.24) is 5.32 Å². The summed E-state index contributed by atoms with van der Waals surface area (Å²) in [5.41, 5.74) is 5.78. The highest BCUT2D eigenvalue weighted by atomic mass is 19.3. The molecule has 118 valence electrons. The Kier molecular flexibility index (Phi) is 6.41. The standard InChI is InChI=1S/C13H16F4N2O2/c14-12(15)13(16,17)21-10-5-3-9(4-6-10)2-1-7-19-8-11(18)20/h3-6,12,19H,1-2,7-8H2,(H2,18,20). The van der Waals surface area contributed by atoms with Crippen molar-refractivity contribution < 1.29 is 27.1 Å². The maximum absolute atomic E-state index is 12.7. The molecular formula is C13H16F4N2O2. The Morgan fingerprint density at radius 1 is 1.29 bits per heavy atom. The zero-order chi connectivity index (χ0) is 15.9. The van der Waals surface area contributed by atoms with Crippen molar-refractivity contribution >= 4 is 5.91 Å². The maximum atomic E-state index is 12.7. The Morgan fingerprint density at radius 3 is 2.43 bits per heavy atom. The van der Waals surface area contributed by atoms with Gasteiger partial charge in [-0.3, -0.25) is 4.79 Å². The minimum absolute atomic E-state index is 0.0927. The predicted octanol–water partition coefficient (Wildman–Crippen LogP) is 1.93. The lowest BCUT2D eigenvalue weighted by atomic mass is 10.1. The molecule has 0 saturated heterocycles. The Morgan fingerprint density at radius 2 is 1.90 bits per heavy atom. The number of benzene rings is 1. The number of nitrogens with one attached hydrogen (secondary N) is 1. The quantitative estimate of drug-likeness (QED) is 0.541. The molecule has 0 unspecified atom stereocenters. The number of hydrogen-bond acceptors (Lipinski definition) is 3. The molecular weight excluding hydrogens is 292 g/mol. The SMILES string of the molecule is NC(=O)CNCCCc1ccc(OC(F)(F)C(F)F)cc1. The number of aryl methyl sites for hydroxylation is 1. The number of carbonyl (C=O) groups is 1. The molecule has 1 amide bonds. The van der Waals surface area contributed by atoms with E-state index in [-0.39, 0.29) is 12.3 Å². The van der Waals surface area contributed by atoms with Gasteiger partial charge < -0.3 is 15.8 Å². The highest BCUT2D eigenvalue weighted by Gasteiger charge is 2.43. The number of primary amides is 1. The lowest BCUT2D eigenvalue weighted by Crippen LogP contribution is -2.33. The largest absolute Gasteiger partial charge is 0.461 e. The molecule has 3 N–H and O–H groups in total. The number of hydrogen-bond donors (Lipinski definition) is 2. The van der Waals surface area contributed by atoms with Crippen LogP contribution in [0.15, 0.2) is 24.3 Å². The second kappa shape index (κ2) is 7.82. The predicted molar refractivity (Wildman–Crippen MR) is 68.4 cm³/mol. The van der Waals surface area contributed by atoms with Crippen LogP contribution in [0.2, 0.25) is 0 Å². The van der Waals surface area contributed by atoms with Gasteiger partial charge in [-0.2, -0.15) is 17.6 Å². The van der Waals surface area contributed by atoms with Crippen molar-refractivity contribution in [3.8, 4) is 5.75 Å². The molecule has 21 heavy (non-hydrogen) atoms. The fourth-order valence-corrected chi connectivity index (χ4v) is 1.55. The van der Waals surface area contributed by atoms with E-state index in [1.54, 1.807) is 0 Å². The van der Waals surface area contributed by atoms with E-state index in [2.05, 4.69) is 10.1 Å². The van der Waals surface area contributed by atoms with E-state index < -0.39 is 18.4 Å². The van der Waals surface area contributed by atoms with Crippen LogP contribution in [-0.2, 0) is 11.2 Å². The molecule has 4 nitrogen and oxygen atoms in total. The fourth-order valence-electron chi connectivity index (χ4n) is 1.55. The van der Waals surface area contributed by atoms with Gasteiger partial charge in [-0.15, -0.1) is 0 Å². The van der Waals surface area contributed by atoms with Crippen molar-refractivity contribution in [3.05, 3.63) is 29.8 Å². The minimum atomic E-state index is -4.50. The van der Waals surface area contributed by atoms with E-state index in [1.165, 1.54) is 24.3 Å². The number of ether oxygens (including phenoxy) is 1. The van der Waals surface area contributed by atoms with Crippen LogP contribution in [0.4, 0.5) is 17.6 Å². The summed E-state index contributed by atoms with van der Waals surface area (Å²) in [5.74, 6) is -0.771. The summed E-state index contributed by atoms with van der Waals surface area (Å²) in [7, 11) is 0. The lowest BCUT2D eigenvalue weighted by molar-refractivity contribution is -0.253. The maximum Gasteiger partial charge on any atom is 0.461 e. The number of carbonyl (C=O) groups excluding carboxylic acids is 1. The summed E-state index contributed by atoms with van der Waals surface area (Å²) in [6, 6.07) is 5.46. The molecule has 1 aromatic carbocycles. The molecule has 0 heterocycles. The smallest absolute Gasteiger partial charge is 0.428 e. The van der Waals surface area contributed by atoms with Gasteiger partial charge in [0.15, 0.2) is 0 Å². The first kappa shape index (κ1) is 17.2. The number of alkyl halides is 4. The number of amides is 1. The molecule has 0 radical (unpaired) electrons. The van der Waals surface area contributed by atoms with Gasteiger partial charge in [-0.05, 0) is 37.1 Å². The van der Waals surface area contributed by atoms with E-state index in [0.29, 0.717) is 19.4 Å². The molecule has 0 aromatic heterocycles. The van der Waals surface area contributed by atoms with Crippen LogP contribution in [0.25, 0.3) is 0 Å². The van der Waals surface area contributed by atoms with Crippen LogP contribution < -0.4 is 15.8 Å². The van der Waals surface area contributed by atoms with Gasteiger partial charge in [-0.1, -0.05) is 12.1 Å². The van der Waals surface area contributed by atoms with E-state index in [0.717, 1.165) is 5.56 Å². The molecule has 0 aliphatic carbocycles. The third kappa shape index (κ3) is 6.44. The summed E-state index contributed by atoms with van der Waals surface area (Å²) in [5, 5.41) is 2.83. The summed E-state index contributed by atoms with van der Waals surface area (Å²) in [4.78, 5) is 10.5. The molecule has 0 spiro atoms. The highest BCUT2D eigenvalue weighted by Crippen LogP contribution is 2.27. The fraction of sp³-hybridized carbons (Fsp3) is 0.462. The third-order valence-electron chi connectivity index (χ3n) is 2.55. The van der Waals surface area contributed by atoms with Gasteiger partial charge >= 0.3 is 12.5 Å². The topological polar surface area (TPSA) is 64.4 Å². The summed E-state index contributed by atoms with van der Waals surface area (Å²) in [6.07, 6.45) is -7.04. The normalized spacial score (nSPS) is 11.7. The Labute approximate surface area is 119 Å². The van der Waals surface area contributed by atoms with Crippen LogP contribution in [0.5, 0.6) is 5.75 Å². The van der Waals surface area contributed by atoms with Crippen LogP contribution in [0, 0.1) is 0 Å². The zero-order valence-electron chi connectivity index (χ0n) is 11.1. The highest BCUT2D eigenvalue weighted by molar-refractivity contribution is 5.75. The van der Waals surface area contributed by atoms with Crippen molar-refractivity contribution in [2.24, 2.45) is 5.73 Å². The Balaban J connectivity index is 2.38. The van der Waals surface area contributed by atoms with Crippen molar-refractivity contribution in [1.29, 1.82) is 0 Å². The Bertz CT molecular complexity index is 452. The average Bonchev–Trinajstić information content (AvgIpc) is 2.39. The first-order chi connectivity index (χ1) is 9.81. The number of nitrogens with two attached hydrogens (primary N) is 1. The molecule has 1 rings (SSSR count). The summed E-state index contributed by atoms with van der Waals surface area (Å²) < 4.78 is 53.2. The molecule has 0 fully saturated rings. The van der Waals surface area contributed by atoms with Gasteiger partial charge in [0, 0.05) is 0 Å². The van der Waals surface area contributed by atoms with Gasteiger partial charge in [0.25, 0.3) is 0 Å². The molecule has 0 saturated carbocycles. The van der Waals surface area contributed by atoms with E-state index >= 15 is 0 Å². The van der Waals surface area contributed by atoms with Crippen LogP contribution in [0.1, 0.15) is 12.0 Å². The van der Waals surface area contributed by atoms with Crippen LogP contribution in [0.3, 0.4) is 0 Å². The average molecular weight is 308 g/mol. The van der Waals surface area contributed by atoms with E-state index in [1.807, 2.05) is 0 Å². The second-order valence-corrected chi connectivity index (χ2v) is 4.36. The van der Waals surface area contributed by atoms with Crippen molar-refractivity contribution in [2.75, 3.05) is 13.1 Å². The van der Waals surface area contributed by atoms with Crippen molar-refractivity contribution in [3.63, 3.8) is 0 Å². The third-order valence-corrected chi connectivity index (χ3v) is 2.55. The first-order valence-corrected chi connectivity index (χ1v) is 6.24. The van der Waals surface area contributed by atoms with Crippen LogP contribution in [-0.4, -0.2) is 31.5 Å². The lowest BCUT2D eigenvalue weighted by Gasteiger charge is -2.16. The summed E-state index contributed by atoms with van der Waals surface area (Å²) in [6.45, 7) is 0.667. The molecule has 1 aromatic rings. The number of rotatable bonds is 9. The molecule has 0 aliphatic rings. The monoisotopic (exact) mass is 308 g/mol. The van der Waals surface area contributed by atoms with E-state index in [9.17, 15) is 22.4 Å². The molecule has 8 heteroatoms. The first-order valence-electron chi connectivity index (χ1n) is 6.24. The van der Waals surface area contributed by atoms with Gasteiger partial charge in [-0.25, -0.2) is 0 Å². The second-order valence-electron chi connectivity index (χ2n) is 4.36. The van der Waals surface area contributed by atoms with Gasteiger partial charge in [0.2, 0.25) is 5.91 Å². The van der Waals surface area contributed by atoms with Crippen molar-refractivity contribution in [2.45, 2.75) is 25.4 Å². The molecule has 0 aliphatic heterocycles. The zero-order valence-corrected chi connectivity index (χ0v) is 11.1. The van der Waals surface area contributed by atoms with E-state index in [4.69, 9.17) is 5.73 Å². The molecule has 0 bridgehead atoms. The Hall–Kier alpha value is -1.83. The molecule has 0 atom stereocenters. The minimum Gasteiger partial charge on any atom is -0.428 e. The summed E-state index contributed by atoms with van der Waals surface area (Å²) >= 11 is 0. The van der Waals surface area contributed by atoms with Gasteiger partial charge in [0.1, 0.15) is 5.75 Å². The van der Waals surface area contributed by atoms with Gasteiger partial charge in [0.05, 0.1) is 6.54 Å².